The number of hydrogen-bond donors (Lipinski definition) is 0. The Hall–Kier alpha value is -0.910. The smallest absolute Gasteiger partial charge is 0.243 e. The first-order chi connectivity index (χ1) is 10.1. The topological polar surface area (TPSA) is 40.6 Å². The average Bonchev–Trinajstić information content (AvgIpc) is 2.47. The van der Waals surface area contributed by atoms with E-state index in [0.717, 1.165) is 25.9 Å². The molecule has 22 heavy (non-hydrogen) atoms. The molecule has 1 aromatic rings. The van der Waals surface area contributed by atoms with Gasteiger partial charge in [0.25, 0.3) is 0 Å². The van der Waals surface area contributed by atoms with Crippen LogP contribution in [0.25, 0.3) is 0 Å². The van der Waals surface area contributed by atoms with Crippen LogP contribution in [0.3, 0.4) is 0 Å². The lowest BCUT2D eigenvalue weighted by atomic mass is 9.87. The van der Waals surface area contributed by atoms with Crippen molar-refractivity contribution in [3.8, 4) is 0 Å². The van der Waals surface area contributed by atoms with Gasteiger partial charge in [0.15, 0.2) is 0 Å². The fourth-order valence-corrected chi connectivity index (χ4v) is 4.60. The maximum atomic E-state index is 12.8. The van der Waals surface area contributed by atoms with Gasteiger partial charge in [-0.05, 0) is 52.7 Å². The molecule has 1 aromatic carbocycles. The van der Waals surface area contributed by atoms with E-state index >= 15 is 0 Å². The predicted molar refractivity (Wildman–Crippen MR) is 90.4 cm³/mol. The number of likely N-dealkylation sites (tertiary alicyclic amines) is 1. The number of sulfonamides is 1. The standard InChI is InChI=1S/C17H28N2O2S/c1-16(2,3)19-13-11-17(4,12-14-19)18(5)22(20,21)15-9-7-6-8-10-15/h6-10H,11-14H2,1-5H3. The van der Waals surface area contributed by atoms with Crippen molar-refractivity contribution in [2.24, 2.45) is 0 Å². The average molecular weight is 324 g/mol. The van der Waals surface area contributed by atoms with Crippen molar-refractivity contribution in [2.75, 3.05) is 20.1 Å². The molecule has 0 spiro atoms. The first kappa shape index (κ1) is 17.4. The van der Waals surface area contributed by atoms with Crippen molar-refractivity contribution in [1.29, 1.82) is 0 Å². The molecule has 0 saturated carbocycles. The number of piperidine rings is 1. The van der Waals surface area contributed by atoms with Gasteiger partial charge in [-0.2, -0.15) is 4.31 Å². The normalized spacial score (nSPS) is 20.3. The zero-order valence-electron chi connectivity index (χ0n) is 14.3. The molecule has 1 fully saturated rings. The van der Waals surface area contributed by atoms with Gasteiger partial charge >= 0.3 is 0 Å². The summed E-state index contributed by atoms with van der Waals surface area (Å²) in [7, 11) is -1.72. The van der Waals surface area contributed by atoms with Crippen LogP contribution >= 0.6 is 0 Å². The molecule has 4 nitrogen and oxygen atoms in total. The molecular formula is C17H28N2O2S. The lowest BCUT2D eigenvalue weighted by Gasteiger charge is -2.48. The van der Waals surface area contributed by atoms with Gasteiger partial charge in [0.2, 0.25) is 10.0 Å². The Bertz CT molecular complexity index is 597. The third-order valence-corrected chi connectivity index (χ3v) is 6.98. The summed E-state index contributed by atoms with van der Waals surface area (Å²) in [6.45, 7) is 10.5. The van der Waals surface area contributed by atoms with Crippen molar-refractivity contribution in [2.45, 2.75) is 56.5 Å². The maximum absolute atomic E-state index is 12.8. The summed E-state index contributed by atoms with van der Waals surface area (Å²) < 4.78 is 27.2. The molecule has 0 aromatic heterocycles. The van der Waals surface area contributed by atoms with Gasteiger partial charge in [-0.3, -0.25) is 4.90 Å². The highest BCUT2D eigenvalue weighted by atomic mass is 32.2. The number of benzene rings is 1. The van der Waals surface area contributed by atoms with Crippen LogP contribution in [-0.2, 0) is 10.0 Å². The van der Waals surface area contributed by atoms with Crippen LogP contribution in [0.1, 0.15) is 40.5 Å². The van der Waals surface area contributed by atoms with Crippen LogP contribution in [0.15, 0.2) is 35.2 Å². The number of nitrogens with zero attached hydrogens (tertiary/aromatic N) is 2. The largest absolute Gasteiger partial charge is 0.298 e. The van der Waals surface area contributed by atoms with Gasteiger partial charge in [0.05, 0.1) is 4.90 Å². The number of rotatable bonds is 3. The summed E-state index contributed by atoms with van der Waals surface area (Å²) in [4.78, 5) is 2.80. The van der Waals surface area contributed by atoms with Gasteiger partial charge in [-0.15, -0.1) is 0 Å². The minimum atomic E-state index is -3.44. The summed E-state index contributed by atoms with van der Waals surface area (Å²) in [6, 6.07) is 8.71. The fourth-order valence-electron chi connectivity index (χ4n) is 3.01. The molecule has 0 N–H and O–H groups in total. The van der Waals surface area contributed by atoms with E-state index in [-0.39, 0.29) is 11.1 Å². The van der Waals surface area contributed by atoms with Crippen LogP contribution in [-0.4, -0.2) is 48.8 Å². The van der Waals surface area contributed by atoms with E-state index < -0.39 is 10.0 Å². The third-order valence-electron chi connectivity index (χ3n) is 4.95. The molecule has 1 aliphatic heterocycles. The van der Waals surface area contributed by atoms with E-state index in [2.05, 4.69) is 32.6 Å². The molecule has 1 heterocycles. The lowest BCUT2D eigenvalue weighted by molar-refractivity contribution is 0.0469. The zero-order chi connectivity index (χ0) is 16.6. The van der Waals surface area contributed by atoms with E-state index in [1.165, 1.54) is 0 Å². The summed E-state index contributed by atoms with van der Waals surface area (Å²) in [5.74, 6) is 0. The molecular weight excluding hydrogens is 296 g/mol. The number of hydrogen-bond acceptors (Lipinski definition) is 3. The summed E-state index contributed by atoms with van der Waals surface area (Å²) in [6.07, 6.45) is 1.71. The molecule has 0 bridgehead atoms. The van der Waals surface area contributed by atoms with Crippen molar-refractivity contribution < 1.29 is 8.42 Å². The first-order valence-corrected chi connectivity index (χ1v) is 9.30. The molecule has 0 aliphatic carbocycles. The van der Waals surface area contributed by atoms with Gasteiger partial charge in [0.1, 0.15) is 0 Å². The Morgan fingerprint density at radius 2 is 1.59 bits per heavy atom. The van der Waals surface area contributed by atoms with Crippen molar-refractivity contribution in [3.63, 3.8) is 0 Å². The van der Waals surface area contributed by atoms with Crippen LogP contribution in [0.2, 0.25) is 0 Å². The monoisotopic (exact) mass is 324 g/mol. The minimum absolute atomic E-state index is 0.137. The quantitative estimate of drug-likeness (QED) is 0.858. The highest BCUT2D eigenvalue weighted by molar-refractivity contribution is 7.89. The van der Waals surface area contributed by atoms with Crippen molar-refractivity contribution in [1.82, 2.24) is 9.21 Å². The molecule has 1 saturated heterocycles. The predicted octanol–water partition coefficient (Wildman–Crippen LogP) is 2.96. The molecule has 0 unspecified atom stereocenters. The van der Waals surface area contributed by atoms with Crippen LogP contribution in [0.4, 0.5) is 0 Å². The molecule has 0 atom stereocenters. The highest BCUT2D eigenvalue weighted by Crippen LogP contribution is 2.34. The van der Waals surface area contributed by atoms with Gasteiger partial charge in [0, 0.05) is 31.2 Å². The fraction of sp³-hybridized carbons (Fsp3) is 0.647. The van der Waals surface area contributed by atoms with Gasteiger partial charge in [-0.25, -0.2) is 8.42 Å². The molecule has 1 aliphatic rings. The highest BCUT2D eigenvalue weighted by Gasteiger charge is 2.41. The second kappa shape index (κ2) is 5.95. The second-order valence-corrected chi connectivity index (χ2v) is 9.41. The Kier molecular flexibility index (Phi) is 4.71. The molecule has 124 valence electrons. The third kappa shape index (κ3) is 3.36. The van der Waals surface area contributed by atoms with E-state index in [9.17, 15) is 8.42 Å². The maximum Gasteiger partial charge on any atom is 0.243 e. The Labute approximate surface area is 135 Å². The first-order valence-electron chi connectivity index (χ1n) is 7.86. The Balaban J connectivity index is 2.18. The molecule has 5 heteroatoms. The van der Waals surface area contributed by atoms with Crippen LogP contribution < -0.4 is 0 Å². The van der Waals surface area contributed by atoms with E-state index in [0.29, 0.717) is 4.90 Å². The molecule has 2 rings (SSSR count). The Morgan fingerprint density at radius 1 is 1.09 bits per heavy atom. The van der Waals surface area contributed by atoms with E-state index in [1.54, 1.807) is 35.6 Å². The molecule has 0 radical (unpaired) electrons. The van der Waals surface area contributed by atoms with Crippen LogP contribution in [0, 0.1) is 0 Å². The summed E-state index contributed by atoms with van der Waals surface area (Å²) >= 11 is 0. The SMILES string of the molecule is CN(C1(C)CCN(C(C)(C)C)CC1)S(=O)(=O)c1ccccc1. The van der Waals surface area contributed by atoms with Gasteiger partial charge < -0.3 is 0 Å². The summed E-state index contributed by atoms with van der Waals surface area (Å²) in [5.41, 5.74) is -0.186. The second-order valence-electron chi connectivity index (χ2n) is 7.44. The van der Waals surface area contributed by atoms with Crippen LogP contribution in [0.5, 0.6) is 0 Å². The minimum Gasteiger partial charge on any atom is -0.298 e. The zero-order valence-corrected chi connectivity index (χ0v) is 15.2. The Morgan fingerprint density at radius 3 is 2.05 bits per heavy atom. The lowest BCUT2D eigenvalue weighted by Crippen LogP contribution is -2.57. The van der Waals surface area contributed by atoms with E-state index in [4.69, 9.17) is 0 Å². The van der Waals surface area contributed by atoms with E-state index in [1.807, 2.05) is 6.07 Å². The van der Waals surface area contributed by atoms with Crippen molar-refractivity contribution >= 4 is 10.0 Å². The molecule has 0 amide bonds. The summed E-state index contributed by atoms with van der Waals surface area (Å²) in [5, 5.41) is 0. The van der Waals surface area contributed by atoms with Gasteiger partial charge in [-0.1, -0.05) is 18.2 Å². The van der Waals surface area contributed by atoms with Crippen molar-refractivity contribution in [3.05, 3.63) is 30.3 Å².